The third kappa shape index (κ3) is 1.82. The van der Waals surface area contributed by atoms with Crippen molar-refractivity contribution in [2.75, 3.05) is 6.54 Å². The fourth-order valence-corrected chi connectivity index (χ4v) is 1.64. The van der Waals surface area contributed by atoms with Crippen LogP contribution in [0.15, 0.2) is 12.1 Å². The quantitative estimate of drug-likeness (QED) is 0.637. The number of hydrogen-bond donors (Lipinski definition) is 3. The first-order chi connectivity index (χ1) is 5.65. The summed E-state index contributed by atoms with van der Waals surface area (Å²) < 4.78 is 0. The van der Waals surface area contributed by atoms with E-state index in [1.54, 1.807) is 6.07 Å². The van der Waals surface area contributed by atoms with E-state index in [-0.39, 0.29) is 6.04 Å². The molecule has 0 spiro atoms. The van der Waals surface area contributed by atoms with Crippen molar-refractivity contribution in [3.63, 3.8) is 0 Å². The normalized spacial score (nSPS) is 12.8. The predicted molar refractivity (Wildman–Crippen MR) is 47.3 cm³/mol. The fourth-order valence-electron chi connectivity index (χ4n) is 0.783. The van der Waals surface area contributed by atoms with Gasteiger partial charge in [-0.2, -0.15) is 0 Å². The van der Waals surface area contributed by atoms with Crippen LogP contribution in [0.1, 0.15) is 20.6 Å². The van der Waals surface area contributed by atoms with Crippen molar-refractivity contribution < 1.29 is 9.90 Å². The summed E-state index contributed by atoms with van der Waals surface area (Å²) >= 11 is 1.17. The summed E-state index contributed by atoms with van der Waals surface area (Å²) in [7, 11) is 0. The zero-order chi connectivity index (χ0) is 9.14. The van der Waals surface area contributed by atoms with Crippen molar-refractivity contribution in [3.8, 4) is 0 Å². The fraction of sp³-hybridized carbons (Fsp3) is 0.286. The van der Waals surface area contributed by atoms with E-state index < -0.39 is 5.97 Å². The van der Waals surface area contributed by atoms with Crippen LogP contribution in [-0.4, -0.2) is 17.6 Å². The molecular weight excluding hydrogens is 176 g/mol. The molecule has 1 atom stereocenters. The number of rotatable bonds is 3. The first-order valence-electron chi connectivity index (χ1n) is 3.44. The molecule has 5 N–H and O–H groups in total. The number of thiophene rings is 1. The van der Waals surface area contributed by atoms with Gasteiger partial charge < -0.3 is 16.6 Å². The maximum atomic E-state index is 10.5. The lowest BCUT2D eigenvalue weighted by molar-refractivity contribution is 0.0702. The molecule has 0 aliphatic rings. The van der Waals surface area contributed by atoms with Crippen LogP contribution < -0.4 is 11.5 Å². The minimum absolute atomic E-state index is 0.247. The van der Waals surface area contributed by atoms with Crippen molar-refractivity contribution in [1.82, 2.24) is 0 Å². The molecule has 1 rings (SSSR count). The average molecular weight is 186 g/mol. The number of carboxylic acids is 1. The van der Waals surface area contributed by atoms with Crippen molar-refractivity contribution in [1.29, 1.82) is 0 Å². The summed E-state index contributed by atoms with van der Waals surface area (Å²) in [5, 5.41) is 8.59. The number of carbonyl (C=O) groups is 1. The van der Waals surface area contributed by atoms with Crippen molar-refractivity contribution in [2.24, 2.45) is 11.5 Å². The lowest BCUT2D eigenvalue weighted by Gasteiger charge is -2.03. The Balaban J connectivity index is 2.84. The third-order valence-corrected chi connectivity index (χ3v) is 2.66. The Morgan fingerprint density at radius 2 is 2.33 bits per heavy atom. The van der Waals surface area contributed by atoms with E-state index in [0.717, 1.165) is 4.88 Å². The molecule has 1 heterocycles. The number of nitrogens with two attached hydrogens (primary N) is 2. The van der Waals surface area contributed by atoms with Gasteiger partial charge in [-0.3, -0.25) is 0 Å². The van der Waals surface area contributed by atoms with Gasteiger partial charge in [0.2, 0.25) is 0 Å². The molecule has 0 fully saturated rings. The highest BCUT2D eigenvalue weighted by molar-refractivity contribution is 7.14. The van der Waals surface area contributed by atoms with Gasteiger partial charge in [-0.1, -0.05) is 0 Å². The van der Waals surface area contributed by atoms with Crippen LogP contribution in [0.4, 0.5) is 0 Å². The maximum absolute atomic E-state index is 10.5. The second kappa shape index (κ2) is 3.66. The van der Waals surface area contributed by atoms with E-state index in [2.05, 4.69) is 0 Å². The van der Waals surface area contributed by atoms with Crippen LogP contribution in [0.2, 0.25) is 0 Å². The van der Waals surface area contributed by atoms with E-state index in [9.17, 15) is 4.79 Å². The van der Waals surface area contributed by atoms with E-state index in [0.29, 0.717) is 11.4 Å². The van der Waals surface area contributed by atoms with Crippen molar-refractivity contribution >= 4 is 17.3 Å². The van der Waals surface area contributed by atoms with Gasteiger partial charge in [-0.25, -0.2) is 4.79 Å². The zero-order valence-corrected chi connectivity index (χ0v) is 7.17. The molecule has 0 saturated heterocycles. The monoisotopic (exact) mass is 186 g/mol. The molecule has 0 amide bonds. The Morgan fingerprint density at radius 1 is 1.67 bits per heavy atom. The van der Waals surface area contributed by atoms with Crippen LogP contribution in [0.5, 0.6) is 0 Å². The van der Waals surface area contributed by atoms with Crippen LogP contribution >= 0.6 is 11.3 Å². The van der Waals surface area contributed by atoms with E-state index in [1.165, 1.54) is 17.4 Å². The lowest BCUT2D eigenvalue weighted by atomic mass is 10.2. The summed E-state index contributed by atoms with van der Waals surface area (Å²) in [5.41, 5.74) is 10.9. The molecule has 0 saturated carbocycles. The molecule has 0 unspecified atom stereocenters. The first-order valence-corrected chi connectivity index (χ1v) is 4.25. The molecule has 4 nitrogen and oxygen atoms in total. The SMILES string of the molecule is NC[C@H](N)c1ccc(C(=O)O)s1. The summed E-state index contributed by atoms with van der Waals surface area (Å²) in [5.74, 6) is -0.921. The molecule has 66 valence electrons. The molecule has 0 aliphatic heterocycles. The van der Waals surface area contributed by atoms with Gasteiger partial charge in [0.15, 0.2) is 0 Å². The van der Waals surface area contributed by atoms with Crippen molar-refractivity contribution in [2.45, 2.75) is 6.04 Å². The van der Waals surface area contributed by atoms with E-state index in [1.807, 2.05) is 0 Å². The van der Waals surface area contributed by atoms with Gasteiger partial charge in [-0.15, -0.1) is 11.3 Å². The topological polar surface area (TPSA) is 89.3 Å². The Morgan fingerprint density at radius 3 is 2.75 bits per heavy atom. The van der Waals surface area contributed by atoms with Gasteiger partial charge >= 0.3 is 5.97 Å². The Kier molecular flexibility index (Phi) is 2.80. The Bertz CT molecular complexity index is 285. The first kappa shape index (κ1) is 9.18. The molecule has 0 radical (unpaired) electrons. The summed E-state index contributed by atoms with van der Waals surface area (Å²) in [6.07, 6.45) is 0. The summed E-state index contributed by atoms with van der Waals surface area (Å²) in [6, 6.07) is 2.99. The van der Waals surface area contributed by atoms with E-state index >= 15 is 0 Å². The summed E-state index contributed by atoms with van der Waals surface area (Å²) in [6.45, 7) is 0.333. The van der Waals surface area contributed by atoms with Gasteiger partial charge in [-0.05, 0) is 12.1 Å². The average Bonchev–Trinajstić information content (AvgIpc) is 2.51. The van der Waals surface area contributed by atoms with Crippen LogP contribution in [0, 0.1) is 0 Å². The maximum Gasteiger partial charge on any atom is 0.345 e. The van der Waals surface area contributed by atoms with Crippen LogP contribution in [0.25, 0.3) is 0 Å². The second-order valence-electron chi connectivity index (χ2n) is 2.35. The van der Waals surface area contributed by atoms with Gasteiger partial charge in [0.25, 0.3) is 0 Å². The Labute approximate surface area is 73.8 Å². The highest BCUT2D eigenvalue weighted by atomic mass is 32.1. The van der Waals surface area contributed by atoms with Gasteiger partial charge in [0.05, 0.1) is 6.04 Å². The largest absolute Gasteiger partial charge is 0.477 e. The predicted octanol–water partition coefficient (Wildman–Crippen LogP) is 0.405. The number of carboxylic acid groups (broad SMARTS) is 1. The Hall–Kier alpha value is -0.910. The van der Waals surface area contributed by atoms with E-state index in [4.69, 9.17) is 16.6 Å². The molecule has 1 aromatic rings. The number of hydrogen-bond acceptors (Lipinski definition) is 4. The molecule has 0 bridgehead atoms. The molecule has 5 heteroatoms. The zero-order valence-electron chi connectivity index (χ0n) is 6.36. The minimum Gasteiger partial charge on any atom is -0.477 e. The van der Waals surface area contributed by atoms with Crippen LogP contribution in [0.3, 0.4) is 0 Å². The molecular formula is C7H10N2O2S. The standard InChI is InChI=1S/C7H10N2O2S/c8-3-4(9)5-1-2-6(12-5)7(10)11/h1-2,4H,3,8-9H2,(H,10,11)/t4-/m0/s1. The molecule has 12 heavy (non-hydrogen) atoms. The van der Waals surface area contributed by atoms with Crippen molar-refractivity contribution in [3.05, 3.63) is 21.9 Å². The molecule has 1 aromatic heterocycles. The van der Waals surface area contributed by atoms with Gasteiger partial charge in [0.1, 0.15) is 4.88 Å². The summed E-state index contributed by atoms with van der Waals surface area (Å²) in [4.78, 5) is 11.6. The molecule has 0 aromatic carbocycles. The third-order valence-electron chi connectivity index (χ3n) is 1.46. The highest BCUT2D eigenvalue weighted by Gasteiger charge is 2.10. The smallest absolute Gasteiger partial charge is 0.345 e. The van der Waals surface area contributed by atoms with Crippen LogP contribution in [-0.2, 0) is 0 Å². The van der Waals surface area contributed by atoms with Gasteiger partial charge in [0, 0.05) is 11.4 Å². The lowest BCUT2D eigenvalue weighted by Crippen LogP contribution is -2.19. The number of aromatic carboxylic acids is 1. The highest BCUT2D eigenvalue weighted by Crippen LogP contribution is 2.20. The second-order valence-corrected chi connectivity index (χ2v) is 3.46. The minimum atomic E-state index is -0.921. The molecule has 0 aliphatic carbocycles.